The van der Waals surface area contributed by atoms with Crippen LogP contribution in [-0.4, -0.2) is 15.0 Å². The fraction of sp³-hybridized carbons (Fsp3) is 0.176. The molecule has 0 atom stereocenters. The van der Waals surface area contributed by atoms with Crippen LogP contribution >= 0.6 is 35.0 Å². The van der Waals surface area contributed by atoms with Crippen molar-refractivity contribution >= 4 is 35.0 Å². The highest BCUT2D eigenvalue weighted by Gasteiger charge is 2.12. The Balaban J connectivity index is 1.66. The summed E-state index contributed by atoms with van der Waals surface area (Å²) in [6.45, 7) is 0.355. The van der Waals surface area contributed by atoms with Gasteiger partial charge in [-0.15, -0.1) is 5.10 Å². The molecule has 2 aromatic carbocycles. The number of aryl methyl sites for hydroxylation is 1. The molecule has 4 nitrogen and oxygen atoms in total. The first-order valence-electron chi connectivity index (χ1n) is 7.26. The van der Waals surface area contributed by atoms with E-state index in [0.717, 1.165) is 32.8 Å². The zero-order chi connectivity index (χ0) is 16.9. The van der Waals surface area contributed by atoms with E-state index in [0.29, 0.717) is 11.6 Å². The molecule has 0 spiro atoms. The number of thioether (sulfide) groups is 1. The Kier molecular flexibility index (Phi) is 5.66. The molecule has 7 heteroatoms. The molecule has 0 aliphatic rings. The molecule has 0 saturated carbocycles. The Labute approximate surface area is 154 Å². The number of nitrogens with zero attached hydrogens (tertiary/aromatic N) is 3. The van der Waals surface area contributed by atoms with Gasteiger partial charge in [0.25, 0.3) is 0 Å². The van der Waals surface area contributed by atoms with Crippen molar-refractivity contribution in [1.29, 1.82) is 0 Å². The quantitative estimate of drug-likeness (QED) is 0.565. The van der Waals surface area contributed by atoms with Crippen molar-refractivity contribution in [2.75, 3.05) is 0 Å². The molecule has 0 aliphatic carbocycles. The van der Waals surface area contributed by atoms with Crippen molar-refractivity contribution in [3.8, 4) is 5.75 Å². The molecular weight excluding hydrogens is 365 g/mol. The summed E-state index contributed by atoms with van der Waals surface area (Å²) in [7, 11) is 1.87. The first kappa shape index (κ1) is 17.1. The molecule has 3 aromatic rings. The van der Waals surface area contributed by atoms with E-state index >= 15 is 0 Å². The van der Waals surface area contributed by atoms with Crippen LogP contribution in [0.3, 0.4) is 0 Å². The largest absolute Gasteiger partial charge is 0.487 e. The third-order valence-electron chi connectivity index (χ3n) is 3.29. The van der Waals surface area contributed by atoms with Crippen LogP contribution in [0.4, 0.5) is 0 Å². The molecular formula is C17H15Cl2N3OS. The highest BCUT2D eigenvalue weighted by atomic mass is 35.5. The molecule has 0 N–H and O–H groups in total. The topological polar surface area (TPSA) is 39.9 Å². The van der Waals surface area contributed by atoms with E-state index in [1.165, 1.54) is 0 Å². The second-order valence-corrected chi connectivity index (χ2v) is 6.96. The average Bonchev–Trinajstić information content (AvgIpc) is 2.92. The lowest BCUT2D eigenvalue weighted by molar-refractivity contribution is 0.298. The third kappa shape index (κ3) is 4.44. The minimum Gasteiger partial charge on any atom is -0.487 e. The zero-order valence-corrected chi connectivity index (χ0v) is 15.3. The Morgan fingerprint density at radius 1 is 1.08 bits per heavy atom. The molecule has 0 aliphatic heterocycles. The molecule has 1 heterocycles. The highest BCUT2D eigenvalue weighted by molar-refractivity contribution is 7.98. The highest BCUT2D eigenvalue weighted by Crippen LogP contribution is 2.26. The second-order valence-electron chi connectivity index (χ2n) is 5.13. The van der Waals surface area contributed by atoms with Gasteiger partial charge in [0.15, 0.2) is 0 Å². The van der Waals surface area contributed by atoms with Crippen molar-refractivity contribution in [3.63, 3.8) is 0 Å². The van der Waals surface area contributed by atoms with E-state index in [4.69, 9.17) is 27.9 Å². The summed E-state index contributed by atoms with van der Waals surface area (Å²) >= 11 is 13.6. The van der Waals surface area contributed by atoms with Crippen molar-refractivity contribution in [3.05, 3.63) is 69.8 Å². The number of hydrogen-bond acceptors (Lipinski definition) is 4. The minimum absolute atomic E-state index is 0.355. The summed E-state index contributed by atoms with van der Waals surface area (Å²) < 4.78 is 7.52. The van der Waals surface area contributed by atoms with Crippen LogP contribution in [0.15, 0.2) is 53.6 Å². The first-order valence-corrected chi connectivity index (χ1v) is 9.00. The van der Waals surface area contributed by atoms with Crippen LogP contribution < -0.4 is 4.74 Å². The van der Waals surface area contributed by atoms with Gasteiger partial charge in [0.2, 0.25) is 0 Å². The lowest BCUT2D eigenvalue weighted by atomic mass is 10.2. The van der Waals surface area contributed by atoms with Gasteiger partial charge in [-0.2, -0.15) is 0 Å². The molecule has 0 bridgehead atoms. The number of hydrogen-bond donors (Lipinski definition) is 0. The maximum atomic E-state index is 6.03. The van der Waals surface area contributed by atoms with Gasteiger partial charge >= 0.3 is 0 Å². The molecule has 3 rings (SSSR count). The Bertz CT molecular complexity index is 821. The van der Waals surface area contributed by atoms with E-state index in [9.17, 15) is 0 Å². The van der Waals surface area contributed by atoms with E-state index in [1.54, 1.807) is 28.6 Å². The SMILES string of the molecule is Cn1nnc(COc2ccc(Cl)cc2)c1SCc1cccc(Cl)c1. The van der Waals surface area contributed by atoms with Gasteiger partial charge in [0.1, 0.15) is 23.1 Å². The normalized spacial score (nSPS) is 10.8. The van der Waals surface area contributed by atoms with E-state index in [2.05, 4.69) is 10.3 Å². The Morgan fingerprint density at radius 2 is 1.88 bits per heavy atom. The van der Waals surface area contributed by atoms with Crippen LogP contribution in [0.5, 0.6) is 5.75 Å². The first-order chi connectivity index (χ1) is 11.6. The van der Waals surface area contributed by atoms with Crippen LogP contribution in [-0.2, 0) is 19.4 Å². The summed E-state index contributed by atoms with van der Waals surface area (Å²) in [5.41, 5.74) is 1.96. The Hall–Kier alpha value is -1.69. The average molecular weight is 380 g/mol. The van der Waals surface area contributed by atoms with E-state index < -0.39 is 0 Å². The summed E-state index contributed by atoms with van der Waals surface area (Å²) in [6, 6.07) is 15.1. The van der Waals surface area contributed by atoms with Crippen LogP contribution in [0.2, 0.25) is 10.0 Å². The molecule has 0 unspecified atom stereocenters. The predicted molar refractivity (Wildman–Crippen MR) is 97.8 cm³/mol. The lowest BCUT2D eigenvalue weighted by Gasteiger charge is -2.07. The lowest BCUT2D eigenvalue weighted by Crippen LogP contribution is -1.99. The molecule has 0 amide bonds. The van der Waals surface area contributed by atoms with Crippen molar-refractivity contribution in [2.45, 2.75) is 17.4 Å². The summed E-state index contributed by atoms with van der Waals surface area (Å²) in [5, 5.41) is 10.7. The number of halogens is 2. The number of rotatable bonds is 6. The van der Waals surface area contributed by atoms with Gasteiger partial charge in [-0.3, -0.25) is 0 Å². The third-order valence-corrected chi connectivity index (χ3v) is 5.03. The van der Waals surface area contributed by atoms with Gasteiger partial charge in [0, 0.05) is 22.8 Å². The predicted octanol–water partition coefficient (Wildman–Crippen LogP) is 4.99. The molecule has 0 fully saturated rings. The molecule has 0 radical (unpaired) electrons. The van der Waals surface area contributed by atoms with Crippen molar-refractivity contribution < 1.29 is 4.74 Å². The van der Waals surface area contributed by atoms with Gasteiger partial charge in [-0.1, -0.05) is 52.3 Å². The maximum absolute atomic E-state index is 6.03. The Morgan fingerprint density at radius 3 is 2.62 bits per heavy atom. The van der Waals surface area contributed by atoms with Gasteiger partial charge in [-0.25, -0.2) is 4.68 Å². The zero-order valence-electron chi connectivity index (χ0n) is 12.9. The van der Waals surface area contributed by atoms with Crippen LogP contribution in [0.25, 0.3) is 0 Å². The van der Waals surface area contributed by atoms with Crippen LogP contribution in [0.1, 0.15) is 11.3 Å². The molecule has 124 valence electrons. The van der Waals surface area contributed by atoms with E-state index in [1.807, 2.05) is 43.4 Å². The van der Waals surface area contributed by atoms with Crippen molar-refractivity contribution in [2.24, 2.45) is 7.05 Å². The smallest absolute Gasteiger partial charge is 0.135 e. The molecule has 0 saturated heterocycles. The van der Waals surface area contributed by atoms with E-state index in [-0.39, 0.29) is 0 Å². The second kappa shape index (κ2) is 7.92. The summed E-state index contributed by atoms with van der Waals surface area (Å²) in [5.74, 6) is 1.53. The molecule has 1 aromatic heterocycles. The number of aromatic nitrogens is 3. The minimum atomic E-state index is 0.355. The maximum Gasteiger partial charge on any atom is 0.135 e. The van der Waals surface area contributed by atoms with Crippen molar-refractivity contribution in [1.82, 2.24) is 15.0 Å². The fourth-order valence-electron chi connectivity index (χ4n) is 2.12. The number of benzene rings is 2. The standard InChI is InChI=1S/C17H15Cl2N3OS/c1-22-17(24-11-12-3-2-4-14(19)9-12)16(20-21-22)10-23-15-7-5-13(18)6-8-15/h2-9H,10-11H2,1H3. The van der Waals surface area contributed by atoms with Gasteiger partial charge in [0.05, 0.1) is 0 Å². The van der Waals surface area contributed by atoms with Gasteiger partial charge < -0.3 is 4.74 Å². The molecule has 24 heavy (non-hydrogen) atoms. The number of ether oxygens (including phenoxy) is 1. The van der Waals surface area contributed by atoms with Gasteiger partial charge in [-0.05, 0) is 42.0 Å². The monoisotopic (exact) mass is 379 g/mol. The van der Waals surface area contributed by atoms with Crippen LogP contribution in [0, 0.1) is 0 Å². The summed E-state index contributed by atoms with van der Waals surface area (Å²) in [6.07, 6.45) is 0. The summed E-state index contributed by atoms with van der Waals surface area (Å²) in [4.78, 5) is 0. The fourth-order valence-corrected chi connectivity index (χ4v) is 3.43.